The third-order valence-corrected chi connectivity index (χ3v) is 6.91. The molecule has 0 saturated carbocycles. The highest BCUT2D eigenvalue weighted by Gasteiger charge is 2.14. The molecule has 0 aromatic carbocycles. The molecule has 154 valence electrons. The van der Waals surface area contributed by atoms with Crippen LogP contribution >= 0.6 is 34.9 Å². The Morgan fingerprint density at radius 1 is 0.710 bits per heavy atom. The first-order valence-corrected chi connectivity index (χ1v) is 11.7. The van der Waals surface area contributed by atoms with Gasteiger partial charge in [0.05, 0.1) is 11.5 Å². The van der Waals surface area contributed by atoms with E-state index < -0.39 is 0 Å². The van der Waals surface area contributed by atoms with Gasteiger partial charge in [0, 0.05) is 12.4 Å². The molecule has 5 rings (SSSR count). The van der Waals surface area contributed by atoms with Crippen molar-refractivity contribution in [3.8, 4) is 23.0 Å². The summed E-state index contributed by atoms with van der Waals surface area (Å²) in [6.45, 7) is 0. The Kier molecular flexibility index (Phi) is 5.95. The molecule has 5 heterocycles. The van der Waals surface area contributed by atoms with Crippen LogP contribution in [0.5, 0.6) is 0 Å². The van der Waals surface area contributed by atoms with Crippen LogP contribution in [0.2, 0.25) is 0 Å². The van der Waals surface area contributed by atoms with Gasteiger partial charge in [-0.25, -0.2) is 0 Å². The molecule has 0 aliphatic carbocycles. The van der Waals surface area contributed by atoms with E-state index in [1.807, 2.05) is 36.4 Å². The lowest BCUT2D eigenvalue weighted by Gasteiger charge is -1.91. The summed E-state index contributed by atoms with van der Waals surface area (Å²) in [5.41, 5.74) is 1.34. The Labute approximate surface area is 187 Å². The number of pyridine rings is 2. The smallest absolute Gasteiger partial charge is 0.237 e. The molecule has 0 spiro atoms. The fourth-order valence-electron chi connectivity index (χ4n) is 2.39. The number of nitrogens with zero attached hydrogens (tertiary/aromatic N) is 8. The van der Waals surface area contributed by atoms with E-state index in [1.54, 1.807) is 12.4 Å². The van der Waals surface area contributed by atoms with E-state index in [9.17, 15) is 0 Å². The molecule has 31 heavy (non-hydrogen) atoms. The molecular formula is C18H12N8O2S3. The summed E-state index contributed by atoms with van der Waals surface area (Å²) in [6.07, 6.45) is 3.38. The Hall–Kier alpha value is -3.16. The lowest BCUT2D eigenvalue weighted by atomic mass is 10.3. The standard InChI is InChI=1S/C18H12N8O2S3/c1-3-7-19-11(5-1)15-21-13(27-25-15)9-29-17-23-24-18(31-17)30-10-14-22-16(26-28-14)12-6-2-4-8-20-12/h1-8H,9-10H2. The first kappa shape index (κ1) is 19.8. The Bertz CT molecular complexity index is 1160. The zero-order valence-electron chi connectivity index (χ0n) is 15.7. The van der Waals surface area contributed by atoms with Crippen LogP contribution in [-0.2, 0) is 11.5 Å². The van der Waals surface area contributed by atoms with Gasteiger partial charge in [0.2, 0.25) is 23.4 Å². The minimum absolute atomic E-state index is 0.467. The van der Waals surface area contributed by atoms with Crippen molar-refractivity contribution >= 4 is 34.9 Å². The van der Waals surface area contributed by atoms with Crippen LogP contribution in [0.15, 0.2) is 66.5 Å². The molecular weight excluding hydrogens is 456 g/mol. The van der Waals surface area contributed by atoms with E-state index >= 15 is 0 Å². The minimum atomic E-state index is 0.467. The highest BCUT2D eigenvalue weighted by atomic mass is 32.2. The van der Waals surface area contributed by atoms with Crippen molar-refractivity contribution in [1.29, 1.82) is 0 Å². The van der Waals surface area contributed by atoms with Crippen molar-refractivity contribution in [2.45, 2.75) is 20.2 Å². The normalized spacial score (nSPS) is 11.1. The van der Waals surface area contributed by atoms with Gasteiger partial charge in [-0.1, -0.05) is 57.3 Å². The van der Waals surface area contributed by atoms with Gasteiger partial charge in [0.1, 0.15) is 11.4 Å². The maximum Gasteiger partial charge on any atom is 0.237 e. The van der Waals surface area contributed by atoms with E-state index in [2.05, 4.69) is 40.4 Å². The van der Waals surface area contributed by atoms with Gasteiger partial charge in [-0.3, -0.25) is 9.97 Å². The fraction of sp³-hybridized carbons (Fsp3) is 0.111. The van der Waals surface area contributed by atoms with Gasteiger partial charge in [0.25, 0.3) is 0 Å². The van der Waals surface area contributed by atoms with Crippen LogP contribution in [0.1, 0.15) is 11.8 Å². The van der Waals surface area contributed by atoms with Crippen molar-refractivity contribution in [1.82, 2.24) is 40.4 Å². The van der Waals surface area contributed by atoms with E-state index in [0.717, 1.165) is 8.68 Å². The SMILES string of the molecule is c1ccc(-c2noc(CSc3nnc(SCc4nc(-c5ccccn5)no4)s3)n2)nc1. The molecule has 0 saturated heterocycles. The summed E-state index contributed by atoms with van der Waals surface area (Å²) in [6, 6.07) is 11.1. The lowest BCUT2D eigenvalue weighted by Crippen LogP contribution is -1.85. The largest absolute Gasteiger partial charge is 0.338 e. The molecule has 0 aliphatic rings. The van der Waals surface area contributed by atoms with Gasteiger partial charge in [-0.2, -0.15) is 9.97 Å². The second-order valence-corrected chi connectivity index (χ2v) is 9.29. The first-order chi connectivity index (χ1) is 15.3. The molecule has 0 N–H and O–H groups in total. The number of thioether (sulfide) groups is 2. The number of aromatic nitrogens is 8. The average molecular weight is 469 g/mol. The summed E-state index contributed by atoms with van der Waals surface area (Å²) >= 11 is 4.44. The van der Waals surface area contributed by atoms with Crippen LogP contribution in [0.4, 0.5) is 0 Å². The van der Waals surface area contributed by atoms with E-state index in [1.165, 1.54) is 34.9 Å². The Morgan fingerprint density at radius 2 is 1.23 bits per heavy atom. The van der Waals surface area contributed by atoms with Crippen LogP contribution in [0.3, 0.4) is 0 Å². The third-order valence-electron chi connectivity index (χ3n) is 3.75. The quantitative estimate of drug-likeness (QED) is 0.305. The van der Waals surface area contributed by atoms with E-state index in [4.69, 9.17) is 9.05 Å². The van der Waals surface area contributed by atoms with Gasteiger partial charge in [-0.15, -0.1) is 10.2 Å². The molecule has 0 amide bonds. The number of hydrogen-bond acceptors (Lipinski definition) is 13. The molecule has 10 nitrogen and oxygen atoms in total. The second kappa shape index (κ2) is 9.32. The second-order valence-electron chi connectivity index (χ2n) is 5.86. The zero-order chi connectivity index (χ0) is 20.9. The van der Waals surface area contributed by atoms with E-state index in [0.29, 0.717) is 46.3 Å². The lowest BCUT2D eigenvalue weighted by molar-refractivity contribution is 0.391. The van der Waals surface area contributed by atoms with Crippen LogP contribution in [-0.4, -0.2) is 40.4 Å². The molecule has 5 aromatic rings. The average Bonchev–Trinajstić information content (AvgIpc) is 3.58. The van der Waals surface area contributed by atoms with Crippen LogP contribution < -0.4 is 0 Å². The molecule has 0 fully saturated rings. The topological polar surface area (TPSA) is 129 Å². The van der Waals surface area contributed by atoms with Gasteiger partial charge in [0.15, 0.2) is 8.68 Å². The van der Waals surface area contributed by atoms with Crippen molar-refractivity contribution in [3.63, 3.8) is 0 Å². The highest BCUT2D eigenvalue weighted by Crippen LogP contribution is 2.32. The first-order valence-electron chi connectivity index (χ1n) is 8.90. The van der Waals surface area contributed by atoms with Crippen LogP contribution in [0, 0.1) is 0 Å². The monoisotopic (exact) mass is 468 g/mol. The molecule has 0 atom stereocenters. The number of rotatable bonds is 8. The molecule has 0 aliphatic heterocycles. The molecule has 0 bridgehead atoms. The van der Waals surface area contributed by atoms with Crippen LogP contribution in [0.25, 0.3) is 23.0 Å². The predicted octanol–water partition coefficient (Wildman–Crippen LogP) is 4.01. The third kappa shape index (κ3) is 4.95. The van der Waals surface area contributed by atoms with Gasteiger partial charge >= 0.3 is 0 Å². The zero-order valence-corrected chi connectivity index (χ0v) is 18.1. The van der Waals surface area contributed by atoms with Crippen molar-refractivity contribution in [3.05, 3.63) is 60.6 Å². The number of hydrogen-bond donors (Lipinski definition) is 0. The molecule has 0 radical (unpaired) electrons. The van der Waals surface area contributed by atoms with E-state index in [-0.39, 0.29) is 0 Å². The van der Waals surface area contributed by atoms with Gasteiger partial charge in [-0.05, 0) is 24.3 Å². The fourth-order valence-corrected chi connectivity index (χ4v) is 5.08. The van der Waals surface area contributed by atoms with Crippen molar-refractivity contribution in [2.24, 2.45) is 0 Å². The summed E-state index contributed by atoms with van der Waals surface area (Å²) in [5, 5.41) is 16.3. The predicted molar refractivity (Wildman–Crippen MR) is 114 cm³/mol. The summed E-state index contributed by atoms with van der Waals surface area (Å²) in [7, 11) is 0. The molecule has 5 aromatic heterocycles. The van der Waals surface area contributed by atoms with Gasteiger partial charge < -0.3 is 9.05 Å². The van der Waals surface area contributed by atoms with Crippen molar-refractivity contribution in [2.75, 3.05) is 0 Å². The Morgan fingerprint density at radius 3 is 1.68 bits per heavy atom. The minimum Gasteiger partial charge on any atom is -0.338 e. The maximum absolute atomic E-state index is 5.29. The molecule has 0 unspecified atom stereocenters. The Balaban J connectivity index is 1.14. The summed E-state index contributed by atoms with van der Waals surface area (Å²) < 4.78 is 12.2. The highest BCUT2D eigenvalue weighted by molar-refractivity contribution is 8.02. The summed E-state index contributed by atoms with van der Waals surface area (Å²) in [5.74, 6) is 2.93. The van der Waals surface area contributed by atoms with Crippen molar-refractivity contribution < 1.29 is 9.05 Å². The maximum atomic E-state index is 5.29. The summed E-state index contributed by atoms with van der Waals surface area (Å²) in [4.78, 5) is 17.2. The molecule has 13 heteroatoms.